The van der Waals surface area contributed by atoms with Gasteiger partial charge in [0.25, 0.3) is 0 Å². The molecule has 0 bridgehead atoms. The number of fused-ring (bicyclic) bond motifs is 1. The molecule has 21 heavy (non-hydrogen) atoms. The van der Waals surface area contributed by atoms with Crippen LogP contribution in [0.2, 0.25) is 0 Å². The average molecular weight is 304 g/mol. The van der Waals surface area contributed by atoms with Crippen molar-refractivity contribution in [1.29, 1.82) is 5.26 Å². The minimum absolute atomic E-state index is 0.296. The van der Waals surface area contributed by atoms with Gasteiger partial charge in [-0.05, 0) is 31.5 Å². The van der Waals surface area contributed by atoms with Crippen molar-refractivity contribution in [2.24, 2.45) is 5.92 Å². The lowest BCUT2D eigenvalue weighted by atomic mass is 10.00. The molecule has 3 rings (SSSR count). The van der Waals surface area contributed by atoms with Gasteiger partial charge in [0.15, 0.2) is 0 Å². The van der Waals surface area contributed by atoms with E-state index in [1.54, 1.807) is 0 Å². The third-order valence-corrected chi connectivity index (χ3v) is 4.45. The summed E-state index contributed by atoms with van der Waals surface area (Å²) in [5.41, 5.74) is 2.62. The third kappa shape index (κ3) is 2.64. The maximum atomic E-state index is 9.13. The maximum Gasteiger partial charge on any atom is 0.111 e. The Hall–Kier alpha value is -1.57. The van der Waals surface area contributed by atoms with Crippen LogP contribution in [0.3, 0.4) is 0 Å². The van der Waals surface area contributed by atoms with E-state index in [2.05, 4.69) is 17.6 Å². The summed E-state index contributed by atoms with van der Waals surface area (Å²) in [6, 6.07) is 8.15. The first-order chi connectivity index (χ1) is 10.2. The first-order valence-corrected chi connectivity index (χ1v) is 7.82. The third-order valence-electron chi connectivity index (χ3n) is 4.26. The van der Waals surface area contributed by atoms with Crippen molar-refractivity contribution in [1.82, 2.24) is 9.55 Å². The molecule has 5 heteroatoms. The van der Waals surface area contributed by atoms with Crippen molar-refractivity contribution >= 4 is 22.6 Å². The second-order valence-corrected chi connectivity index (χ2v) is 5.89. The molecule has 0 N–H and O–H groups in total. The Labute approximate surface area is 129 Å². The van der Waals surface area contributed by atoms with Gasteiger partial charge in [-0.25, -0.2) is 4.98 Å². The van der Waals surface area contributed by atoms with Gasteiger partial charge in [-0.2, -0.15) is 5.26 Å². The molecule has 1 saturated heterocycles. The lowest BCUT2D eigenvalue weighted by Gasteiger charge is -2.22. The Kier molecular flexibility index (Phi) is 4.14. The summed E-state index contributed by atoms with van der Waals surface area (Å²) < 4.78 is 7.77. The van der Waals surface area contributed by atoms with Gasteiger partial charge in [-0.1, -0.05) is 0 Å². The molecular formula is C16H18ClN3O. The standard InChI is InChI=1S/C16H18ClN3O/c1-11(13-5-7-21-10-13)20-15-8-12(9-18)2-3-14(15)19-16(20)4-6-17/h2-3,8,11,13H,4-7,10H2,1H3. The molecule has 4 nitrogen and oxygen atoms in total. The number of hydrogen-bond acceptors (Lipinski definition) is 3. The molecule has 0 spiro atoms. The highest BCUT2D eigenvalue weighted by atomic mass is 35.5. The number of nitriles is 1. The van der Waals surface area contributed by atoms with Crippen LogP contribution in [0.15, 0.2) is 18.2 Å². The minimum Gasteiger partial charge on any atom is -0.381 e. The minimum atomic E-state index is 0.296. The van der Waals surface area contributed by atoms with Crippen molar-refractivity contribution in [2.45, 2.75) is 25.8 Å². The number of rotatable bonds is 4. The van der Waals surface area contributed by atoms with Gasteiger partial charge in [-0.15, -0.1) is 11.6 Å². The van der Waals surface area contributed by atoms with Crippen LogP contribution in [0.25, 0.3) is 11.0 Å². The van der Waals surface area contributed by atoms with Crippen molar-refractivity contribution in [3.05, 3.63) is 29.6 Å². The SMILES string of the molecule is CC(C1CCOC1)n1c(CCCl)nc2ccc(C#N)cc21. The topological polar surface area (TPSA) is 50.8 Å². The molecule has 0 radical (unpaired) electrons. The molecule has 1 aliphatic heterocycles. The highest BCUT2D eigenvalue weighted by molar-refractivity contribution is 6.17. The van der Waals surface area contributed by atoms with Crippen molar-refractivity contribution in [2.75, 3.05) is 19.1 Å². The van der Waals surface area contributed by atoms with Crippen LogP contribution in [-0.4, -0.2) is 28.6 Å². The van der Waals surface area contributed by atoms with E-state index in [0.29, 0.717) is 23.4 Å². The van der Waals surface area contributed by atoms with Crippen LogP contribution < -0.4 is 0 Å². The monoisotopic (exact) mass is 303 g/mol. The molecule has 0 amide bonds. The second-order valence-electron chi connectivity index (χ2n) is 5.52. The molecule has 110 valence electrons. The fraction of sp³-hybridized carbons (Fsp3) is 0.500. The summed E-state index contributed by atoms with van der Waals surface area (Å²) >= 11 is 5.93. The molecule has 0 saturated carbocycles. The van der Waals surface area contributed by atoms with Crippen molar-refractivity contribution in [3.8, 4) is 6.07 Å². The van der Waals surface area contributed by atoms with Crippen LogP contribution >= 0.6 is 11.6 Å². The zero-order chi connectivity index (χ0) is 14.8. The number of hydrogen-bond donors (Lipinski definition) is 0. The van der Waals surface area contributed by atoms with E-state index in [1.165, 1.54) is 0 Å². The second kappa shape index (κ2) is 6.05. The number of aromatic nitrogens is 2. The predicted molar refractivity (Wildman–Crippen MR) is 82.5 cm³/mol. The van der Waals surface area contributed by atoms with Gasteiger partial charge in [0, 0.05) is 30.9 Å². The largest absolute Gasteiger partial charge is 0.381 e. The smallest absolute Gasteiger partial charge is 0.111 e. The van der Waals surface area contributed by atoms with Crippen molar-refractivity contribution < 1.29 is 4.74 Å². The number of benzene rings is 1. The number of imidazole rings is 1. The number of alkyl halides is 1. The zero-order valence-electron chi connectivity index (χ0n) is 12.1. The van der Waals surface area contributed by atoms with Crippen LogP contribution in [0, 0.1) is 17.2 Å². The summed E-state index contributed by atoms with van der Waals surface area (Å²) in [6.45, 7) is 3.83. The Morgan fingerprint density at radius 2 is 2.43 bits per heavy atom. The Bertz CT molecular complexity index is 683. The van der Waals surface area contributed by atoms with Gasteiger partial charge in [0.05, 0.1) is 29.3 Å². The normalized spacial score (nSPS) is 19.8. The van der Waals surface area contributed by atoms with Gasteiger partial charge >= 0.3 is 0 Å². The van der Waals surface area contributed by atoms with E-state index in [1.807, 2.05) is 18.2 Å². The summed E-state index contributed by atoms with van der Waals surface area (Å²) in [4.78, 5) is 4.70. The van der Waals surface area contributed by atoms with E-state index in [9.17, 15) is 0 Å². The summed E-state index contributed by atoms with van der Waals surface area (Å²) in [5, 5.41) is 9.13. The van der Waals surface area contributed by atoms with E-state index >= 15 is 0 Å². The molecule has 2 aromatic rings. The van der Waals surface area contributed by atoms with Crippen molar-refractivity contribution in [3.63, 3.8) is 0 Å². The summed E-state index contributed by atoms with van der Waals surface area (Å²) in [6.07, 6.45) is 1.80. The summed E-state index contributed by atoms with van der Waals surface area (Å²) in [5.74, 6) is 2.03. The average Bonchev–Trinajstić information content (AvgIpc) is 3.13. The van der Waals surface area contributed by atoms with Crippen LogP contribution in [-0.2, 0) is 11.2 Å². The molecule has 2 heterocycles. The Balaban J connectivity index is 2.11. The van der Waals surface area contributed by atoms with Gasteiger partial charge < -0.3 is 9.30 Å². The molecule has 1 aliphatic rings. The van der Waals surface area contributed by atoms with Crippen LogP contribution in [0.4, 0.5) is 0 Å². The van der Waals surface area contributed by atoms with Crippen LogP contribution in [0.5, 0.6) is 0 Å². The Morgan fingerprint density at radius 1 is 1.57 bits per heavy atom. The first-order valence-electron chi connectivity index (χ1n) is 7.29. The maximum absolute atomic E-state index is 9.13. The number of ether oxygens (including phenoxy) is 1. The number of halogens is 1. The van der Waals surface area contributed by atoms with E-state index in [4.69, 9.17) is 26.6 Å². The number of aryl methyl sites for hydroxylation is 1. The van der Waals surface area contributed by atoms with E-state index < -0.39 is 0 Å². The fourth-order valence-corrected chi connectivity index (χ4v) is 3.24. The van der Waals surface area contributed by atoms with E-state index in [0.717, 1.165) is 42.9 Å². The van der Waals surface area contributed by atoms with Gasteiger partial charge in [0.2, 0.25) is 0 Å². The van der Waals surface area contributed by atoms with E-state index in [-0.39, 0.29) is 0 Å². The molecular weight excluding hydrogens is 286 g/mol. The lowest BCUT2D eigenvalue weighted by Crippen LogP contribution is -2.19. The highest BCUT2D eigenvalue weighted by Crippen LogP contribution is 2.31. The molecule has 1 aromatic carbocycles. The first kappa shape index (κ1) is 14.4. The Morgan fingerprint density at radius 3 is 3.10 bits per heavy atom. The quantitative estimate of drug-likeness (QED) is 0.814. The van der Waals surface area contributed by atoms with Gasteiger partial charge in [0.1, 0.15) is 5.82 Å². The lowest BCUT2D eigenvalue weighted by molar-refractivity contribution is 0.175. The van der Waals surface area contributed by atoms with Gasteiger partial charge in [-0.3, -0.25) is 0 Å². The number of nitrogens with zero attached hydrogens (tertiary/aromatic N) is 3. The predicted octanol–water partition coefficient (Wildman–Crippen LogP) is 3.29. The molecule has 2 atom stereocenters. The molecule has 0 aliphatic carbocycles. The molecule has 1 fully saturated rings. The summed E-state index contributed by atoms with van der Waals surface area (Å²) in [7, 11) is 0. The molecule has 1 aromatic heterocycles. The van der Waals surface area contributed by atoms with Crippen LogP contribution in [0.1, 0.15) is 30.8 Å². The molecule has 2 unspecified atom stereocenters. The fourth-order valence-electron chi connectivity index (χ4n) is 3.07. The zero-order valence-corrected chi connectivity index (χ0v) is 12.8. The highest BCUT2D eigenvalue weighted by Gasteiger charge is 2.26.